The van der Waals surface area contributed by atoms with Crippen molar-refractivity contribution in [3.8, 4) is 0 Å². The molecule has 0 unspecified atom stereocenters. The van der Waals surface area contributed by atoms with Crippen LogP contribution in [0.15, 0.2) is 91.4 Å². The molecule has 2 aromatic carbocycles. The molecule has 1 aliphatic heterocycles. The van der Waals surface area contributed by atoms with Gasteiger partial charge in [-0.05, 0) is 68.7 Å². The molecule has 1 saturated heterocycles. The highest BCUT2D eigenvalue weighted by molar-refractivity contribution is 5.94. The first-order valence-corrected chi connectivity index (χ1v) is 13.4. The van der Waals surface area contributed by atoms with Gasteiger partial charge in [-0.2, -0.15) is 0 Å². The monoisotopic (exact) mass is 496 g/mol. The highest BCUT2D eigenvalue weighted by Gasteiger charge is 2.33. The van der Waals surface area contributed by atoms with Crippen molar-refractivity contribution in [1.29, 1.82) is 0 Å². The average molecular weight is 497 g/mol. The molecule has 37 heavy (non-hydrogen) atoms. The third-order valence-electron chi connectivity index (χ3n) is 7.63. The molecule has 5 heteroatoms. The van der Waals surface area contributed by atoms with Gasteiger partial charge in [0.15, 0.2) is 0 Å². The SMILES string of the molecule is C=C([C@@H](c1ccccc1)c1ccc(C(=O)N(CC)CC)cc1)N1C[C@@H](C)N(Cc2ccncc2)C[C@@H]1C. The van der Waals surface area contributed by atoms with Gasteiger partial charge in [-0.25, -0.2) is 0 Å². The lowest BCUT2D eigenvalue weighted by Crippen LogP contribution is -2.55. The molecule has 5 nitrogen and oxygen atoms in total. The van der Waals surface area contributed by atoms with Crippen LogP contribution in [0, 0.1) is 0 Å². The van der Waals surface area contributed by atoms with Crippen molar-refractivity contribution in [3.63, 3.8) is 0 Å². The van der Waals surface area contributed by atoms with Crippen LogP contribution in [0.3, 0.4) is 0 Å². The molecule has 1 amide bonds. The summed E-state index contributed by atoms with van der Waals surface area (Å²) in [5.41, 5.74) is 5.51. The molecule has 0 radical (unpaired) electrons. The molecule has 1 aromatic heterocycles. The van der Waals surface area contributed by atoms with Crippen LogP contribution in [0.4, 0.5) is 0 Å². The van der Waals surface area contributed by atoms with E-state index in [0.717, 1.165) is 36.5 Å². The normalized spacial score (nSPS) is 18.9. The lowest BCUT2D eigenvalue weighted by molar-refractivity contribution is 0.0566. The summed E-state index contributed by atoms with van der Waals surface area (Å²) in [6.07, 6.45) is 3.74. The third-order valence-corrected chi connectivity index (χ3v) is 7.63. The van der Waals surface area contributed by atoms with E-state index in [1.165, 1.54) is 11.1 Å². The maximum Gasteiger partial charge on any atom is 0.253 e. The first kappa shape index (κ1) is 26.6. The molecular weight excluding hydrogens is 456 g/mol. The first-order chi connectivity index (χ1) is 17.9. The lowest BCUT2D eigenvalue weighted by atomic mass is 9.86. The van der Waals surface area contributed by atoms with Crippen molar-refractivity contribution in [3.05, 3.63) is 114 Å². The zero-order valence-electron chi connectivity index (χ0n) is 22.7. The number of hydrogen-bond acceptors (Lipinski definition) is 4. The molecule has 1 aliphatic rings. The second-order valence-electron chi connectivity index (χ2n) is 10.1. The van der Waals surface area contributed by atoms with Gasteiger partial charge in [0, 0.05) is 74.4 Å². The Kier molecular flexibility index (Phi) is 8.78. The molecule has 1 fully saturated rings. The molecule has 0 spiro atoms. The summed E-state index contributed by atoms with van der Waals surface area (Å²) in [5, 5.41) is 0. The van der Waals surface area contributed by atoms with E-state index in [2.05, 4.69) is 89.8 Å². The minimum atomic E-state index is 0.0280. The van der Waals surface area contributed by atoms with E-state index in [0.29, 0.717) is 25.2 Å². The van der Waals surface area contributed by atoms with Gasteiger partial charge in [-0.1, -0.05) is 49.0 Å². The van der Waals surface area contributed by atoms with Crippen LogP contribution in [0.2, 0.25) is 0 Å². The van der Waals surface area contributed by atoms with E-state index in [9.17, 15) is 4.79 Å². The molecule has 194 valence electrons. The fourth-order valence-electron chi connectivity index (χ4n) is 5.44. The molecular formula is C32H40N4O. The molecule has 0 bridgehead atoms. The summed E-state index contributed by atoms with van der Waals surface area (Å²) in [6.45, 7) is 17.5. The highest BCUT2D eigenvalue weighted by atomic mass is 16.2. The number of rotatable bonds is 9. The zero-order chi connectivity index (χ0) is 26.4. The molecule has 4 rings (SSSR count). The van der Waals surface area contributed by atoms with Gasteiger partial charge in [0.1, 0.15) is 0 Å². The maximum atomic E-state index is 12.9. The largest absolute Gasteiger partial charge is 0.369 e. The number of carbonyl (C=O) groups excluding carboxylic acids is 1. The molecule has 0 aliphatic carbocycles. The van der Waals surface area contributed by atoms with Crippen LogP contribution in [0.25, 0.3) is 0 Å². The Morgan fingerprint density at radius 2 is 1.54 bits per heavy atom. The smallest absolute Gasteiger partial charge is 0.253 e. The van der Waals surface area contributed by atoms with Crippen molar-refractivity contribution in [2.45, 2.75) is 52.2 Å². The van der Waals surface area contributed by atoms with Crippen molar-refractivity contribution in [1.82, 2.24) is 19.7 Å². The fourth-order valence-corrected chi connectivity index (χ4v) is 5.44. The molecule has 2 heterocycles. The number of pyridine rings is 1. The minimum Gasteiger partial charge on any atom is -0.369 e. The Morgan fingerprint density at radius 3 is 2.16 bits per heavy atom. The van der Waals surface area contributed by atoms with Gasteiger partial charge in [-0.15, -0.1) is 0 Å². The number of nitrogens with zero attached hydrogens (tertiary/aromatic N) is 4. The maximum absolute atomic E-state index is 12.9. The number of carbonyl (C=O) groups is 1. The van der Waals surface area contributed by atoms with Gasteiger partial charge >= 0.3 is 0 Å². The lowest BCUT2D eigenvalue weighted by Gasteiger charge is -2.47. The Morgan fingerprint density at radius 1 is 0.919 bits per heavy atom. The molecule has 0 saturated carbocycles. The number of hydrogen-bond donors (Lipinski definition) is 0. The van der Waals surface area contributed by atoms with Gasteiger partial charge in [0.25, 0.3) is 5.91 Å². The van der Waals surface area contributed by atoms with Crippen LogP contribution in [0.1, 0.15) is 60.7 Å². The summed E-state index contributed by atoms with van der Waals surface area (Å²) >= 11 is 0. The van der Waals surface area contributed by atoms with Crippen molar-refractivity contribution >= 4 is 5.91 Å². The Labute approximate surface area is 222 Å². The second-order valence-corrected chi connectivity index (χ2v) is 10.1. The number of aromatic nitrogens is 1. The number of allylic oxidation sites excluding steroid dienone is 1. The number of amides is 1. The Balaban J connectivity index is 1.57. The van der Waals surface area contributed by atoms with Gasteiger partial charge < -0.3 is 9.80 Å². The second kappa shape index (κ2) is 12.2. The van der Waals surface area contributed by atoms with Crippen LogP contribution in [-0.4, -0.2) is 63.9 Å². The average Bonchev–Trinajstić information content (AvgIpc) is 2.93. The van der Waals surface area contributed by atoms with E-state index < -0.39 is 0 Å². The molecule has 0 N–H and O–H groups in total. The summed E-state index contributed by atoms with van der Waals surface area (Å²) in [4.78, 5) is 23.9. The predicted molar refractivity (Wildman–Crippen MR) is 151 cm³/mol. The summed E-state index contributed by atoms with van der Waals surface area (Å²) in [6, 6.07) is 23.7. The van der Waals surface area contributed by atoms with Crippen LogP contribution in [-0.2, 0) is 6.54 Å². The summed E-state index contributed by atoms with van der Waals surface area (Å²) in [7, 11) is 0. The summed E-state index contributed by atoms with van der Waals surface area (Å²) < 4.78 is 0. The van der Waals surface area contributed by atoms with Gasteiger partial charge in [-0.3, -0.25) is 14.7 Å². The van der Waals surface area contributed by atoms with Crippen molar-refractivity contribution in [2.24, 2.45) is 0 Å². The quantitative estimate of drug-likeness (QED) is 0.375. The molecule has 3 atom stereocenters. The molecule has 3 aromatic rings. The van der Waals surface area contributed by atoms with Crippen LogP contribution >= 0.6 is 0 Å². The topological polar surface area (TPSA) is 39.7 Å². The Hall–Kier alpha value is -3.44. The van der Waals surface area contributed by atoms with Gasteiger partial charge in [0.05, 0.1) is 0 Å². The van der Waals surface area contributed by atoms with E-state index >= 15 is 0 Å². The van der Waals surface area contributed by atoms with Crippen LogP contribution in [0.5, 0.6) is 0 Å². The number of piperazine rings is 1. The van der Waals surface area contributed by atoms with Gasteiger partial charge in [0.2, 0.25) is 0 Å². The standard InChI is InChI=1S/C32H40N4O/c1-6-34(7-2)32(37)30-15-13-29(14-16-30)31(28-11-9-8-10-12-28)26(5)36-22-24(3)35(21-25(36)4)23-27-17-19-33-20-18-27/h8-20,24-25,31H,5-7,21-23H2,1-4H3/t24-,25+,31+/m1/s1. The van der Waals surface area contributed by atoms with E-state index in [4.69, 9.17) is 0 Å². The Bertz CT molecular complexity index is 1160. The van der Waals surface area contributed by atoms with Crippen LogP contribution < -0.4 is 0 Å². The fraction of sp³-hybridized carbons (Fsp3) is 0.375. The van der Waals surface area contributed by atoms with E-state index in [1.54, 1.807) is 0 Å². The summed E-state index contributed by atoms with van der Waals surface area (Å²) in [5.74, 6) is 0.111. The third kappa shape index (κ3) is 6.11. The van der Waals surface area contributed by atoms with E-state index in [-0.39, 0.29) is 11.8 Å². The first-order valence-electron chi connectivity index (χ1n) is 13.4. The van der Waals surface area contributed by atoms with E-state index in [1.807, 2.05) is 43.3 Å². The van der Waals surface area contributed by atoms with Crippen molar-refractivity contribution in [2.75, 3.05) is 26.2 Å². The van der Waals surface area contributed by atoms with Crippen molar-refractivity contribution < 1.29 is 4.79 Å². The number of benzene rings is 2. The zero-order valence-corrected chi connectivity index (χ0v) is 22.7. The highest BCUT2D eigenvalue weighted by Crippen LogP contribution is 2.35. The minimum absolute atomic E-state index is 0.0280. The predicted octanol–water partition coefficient (Wildman–Crippen LogP) is 5.80.